The SMILES string of the molecule is O=C(NC1CC1)N1CCc2sc(-c3noc(C(F)(F)F)n3)cc2C1. The lowest BCUT2D eigenvalue weighted by Crippen LogP contribution is -2.43. The molecule has 1 aliphatic carbocycles. The van der Waals surface area contributed by atoms with Crippen molar-refractivity contribution in [3.63, 3.8) is 0 Å². The number of nitrogens with zero attached hydrogens (tertiary/aromatic N) is 3. The van der Waals surface area contributed by atoms with E-state index in [0.717, 1.165) is 23.3 Å². The van der Waals surface area contributed by atoms with Crippen molar-refractivity contribution >= 4 is 17.4 Å². The minimum atomic E-state index is -4.65. The van der Waals surface area contributed by atoms with Crippen molar-refractivity contribution in [2.24, 2.45) is 0 Å². The second-order valence-corrected chi connectivity index (χ2v) is 7.01. The van der Waals surface area contributed by atoms with Crippen LogP contribution in [0.4, 0.5) is 18.0 Å². The number of urea groups is 1. The third-order valence-corrected chi connectivity index (χ3v) is 5.18. The number of amides is 2. The van der Waals surface area contributed by atoms with E-state index >= 15 is 0 Å². The second-order valence-electron chi connectivity index (χ2n) is 5.88. The number of hydrogen-bond acceptors (Lipinski definition) is 5. The van der Waals surface area contributed by atoms with E-state index in [1.165, 1.54) is 11.3 Å². The van der Waals surface area contributed by atoms with Crippen LogP contribution in [0.25, 0.3) is 10.7 Å². The molecule has 6 nitrogen and oxygen atoms in total. The van der Waals surface area contributed by atoms with Gasteiger partial charge in [-0.25, -0.2) is 4.79 Å². The van der Waals surface area contributed by atoms with Crippen molar-refractivity contribution in [1.29, 1.82) is 0 Å². The van der Waals surface area contributed by atoms with Gasteiger partial charge < -0.3 is 14.7 Å². The van der Waals surface area contributed by atoms with Crippen molar-refractivity contribution in [2.75, 3.05) is 6.54 Å². The highest BCUT2D eigenvalue weighted by molar-refractivity contribution is 7.15. The molecule has 1 fully saturated rings. The highest BCUT2D eigenvalue weighted by Gasteiger charge is 2.39. The molecule has 2 amide bonds. The number of hydrogen-bond donors (Lipinski definition) is 1. The molecule has 1 N–H and O–H groups in total. The van der Waals surface area contributed by atoms with Gasteiger partial charge in [0.05, 0.1) is 4.88 Å². The molecule has 1 saturated carbocycles. The van der Waals surface area contributed by atoms with Gasteiger partial charge in [0.25, 0.3) is 0 Å². The van der Waals surface area contributed by atoms with Gasteiger partial charge in [-0.05, 0) is 30.9 Å². The first-order valence-corrected chi connectivity index (χ1v) is 8.30. The zero-order valence-electron chi connectivity index (χ0n) is 12.4. The van der Waals surface area contributed by atoms with Gasteiger partial charge >= 0.3 is 18.1 Å². The molecule has 10 heteroatoms. The molecular weight excluding hydrogens is 345 g/mol. The van der Waals surface area contributed by atoms with Gasteiger partial charge in [0.15, 0.2) is 0 Å². The van der Waals surface area contributed by atoms with Crippen LogP contribution < -0.4 is 5.32 Å². The molecular formula is C14H13F3N4O2S. The molecule has 2 aliphatic rings. The van der Waals surface area contributed by atoms with E-state index < -0.39 is 12.1 Å². The maximum atomic E-state index is 12.5. The average molecular weight is 358 g/mol. The first kappa shape index (κ1) is 15.4. The second kappa shape index (κ2) is 5.47. The monoisotopic (exact) mass is 358 g/mol. The Hall–Kier alpha value is -2.10. The van der Waals surface area contributed by atoms with Crippen molar-refractivity contribution in [3.8, 4) is 10.7 Å². The molecule has 4 rings (SSSR count). The van der Waals surface area contributed by atoms with Gasteiger partial charge in [-0.15, -0.1) is 11.3 Å². The van der Waals surface area contributed by atoms with E-state index in [4.69, 9.17) is 0 Å². The Bertz CT molecular complexity index is 781. The van der Waals surface area contributed by atoms with Gasteiger partial charge in [-0.3, -0.25) is 0 Å². The molecule has 3 heterocycles. The van der Waals surface area contributed by atoms with E-state index in [2.05, 4.69) is 20.0 Å². The molecule has 1 aliphatic heterocycles. The molecule has 0 radical (unpaired) electrons. The number of carbonyl (C=O) groups excluding carboxylic acids is 1. The molecule has 2 aromatic heterocycles. The smallest absolute Gasteiger partial charge is 0.335 e. The summed E-state index contributed by atoms with van der Waals surface area (Å²) in [6, 6.07) is 1.94. The Morgan fingerprint density at radius 1 is 1.42 bits per heavy atom. The molecule has 0 bridgehead atoms. The summed E-state index contributed by atoms with van der Waals surface area (Å²) in [4.78, 5) is 18.8. The van der Waals surface area contributed by atoms with Crippen LogP contribution in [0.3, 0.4) is 0 Å². The fourth-order valence-corrected chi connectivity index (χ4v) is 3.64. The number of halogens is 3. The van der Waals surface area contributed by atoms with Crippen molar-refractivity contribution < 1.29 is 22.5 Å². The number of aromatic nitrogens is 2. The van der Waals surface area contributed by atoms with Crippen molar-refractivity contribution in [1.82, 2.24) is 20.4 Å². The van der Waals surface area contributed by atoms with E-state index in [1.54, 1.807) is 11.0 Å². The minimum Gasteiger partial charge on any atom is -0.335 e. The first-order valence-electron chi connectivity index (χ1n) is 7.48. The Morgan fingerprint density at radius 3 is 2.88 bits per heavy atom. The summed E-state index contributed by atoms with van der Waals surface area (Å²) in [5.41, 5.74) is 0.922. The first-order chi connectivity index (χ1) is 11.4. The molecule has 0 spiro atoms. The van der Waals surface area contributed by atoms with Crippen LogP contribution in [0, 0.1) is 0 Å². The van der Waals surface area contributed by atoms with Crippen molar-refractivity contribution in [2.45, 2.75) is 38.0 Å². The lowest BCUT2D eigenvalue weighted by Gasteiger charge is -2.27. The number of nitrogens with one attached hydrogen (secondary N) is 1. The van der Waals surface area contributed by atoms with E-state index in [9.17, 15) is 18.0 Å². The van der Waals surface area contributed by atoms with Crippen LogP contribution in [-0.2, 0) is 19.1 Å². The number of fused-ring (bicyclic) bond motifs is 1. The summed E-state index contributed by atoms with van der Waals surface area (Å²) < 4.78 is 41.9. The fraction of sp³-hybridized carbons (Fsp3) is 0.500. The number of thiophene rings is 1. The number of rotatable bonds is 2. The standard InChI is InChI=1S/C14H13F3N4O2S/c15-14(16,17)12-19-11(20-23-12)10-5-7-6-21(4-3-9(7)24-10)13(22)18-8-1-2-8/h5,8H,1-4,6H2,(H,18,22). The van der Waals surface area contributed by atoms with Gasteiger partial charge in [0.1, 0.15) is 0 Å². The Labute approximate surface area is 138 Å². The van der Waals surface area contributed by atoms with Gasteiger partial charge in [-0.2, -0.15) is 18.2 Å². The van der Waals surface area contributed by atoms with Gasteiger partial charge in [0.2, 0.25) is 5.82 Å². The highest BCUT2D eigenvalue weighted by Crippen LogP contribution is 2.35. The molecule has 2 aromatic rings. The van der Waals surface area contributed by atoms with Crippen LogP contribution >= 0.6 is 11.3 Å². The van der Waals surface area contributed by atoms with Gasteiger partial charge in [0, 0.05) is 24.0 Å². The normalized spacial score (nSPS) is 17.7. The topological polar surface area (TPSA) is 71.3 Å². The predicted octanol–water partition coefficient (Wildman–Crippen LogP) is 3.05. The summed E-state index contributed by atoms with van der Waals surface area (Å²) in [5.74, 6) is -1.43. The average Bonchev–Trinajstić information content (AvgIpc) is 3.04. The quantitative estimate of drug-likeness (QED) is 0.896. The van der Waals surface area contributed by atoms with Gasteiger partial charge in [-0.1, -0.05) is 5.16 Å². The summed E-state index contributed by atoms with van der Waals surface area (Å²) in [5, 5.41) is 6.35. The summed E-state index contributed by atoms with van der Waals surface area (Å²) in [6.07, 6.45) is -1.94. The van der Waals surface area contributed by atoms with Crippen LogP contribution in [-0.4, -0.2) is 33.7 Å². The third-order valence-electron chi connectivity index (χ3n) is 3.95. The molecule has 24 heavy (non-hydrogen) atoms. The van der Waals surface area contributed by atoms with E-state index in [-0.39, 0.29) is 17.9 Å². The van der Waals surface area contributed by atoms with Crippen LogP contribution in [0.2, 0.25) is 0 Å². The molecule has 0 saturated heterocycles. The lowest BCUT2D eigenvalue weighted by atomic mass is 10.1. The minimum absolute atomic E-state index is 0.0734. The molecule has 0 aromatic carbocycles. The predicted molar refractivity (Wildman–Crippen MR) is 78.3 cm³/mol. The summed E-state index contributed by atoms with van der Waals surface area (Å²) >= 11 is 1.34. The van der Waals surface area contributed by atoms with E-state index in [1.807, 2.05) is 0 Å². The lowest BCUT2D eigenvalue weighted by molar-refractivity contribution is -0.159. The third kappa shape index (κ3) is 2.97. The Morgan fingerprint density at radius 2 is 2.21 bits per heavy atom. The van der Waals surface area contributed by atoms with Crippen LogP contribution in [0.1, 0.15) is 29.2 Å². The summed E-state index contributed by atoms with van der Waals surface area (Å²) in [7, 11) is 0. The van der Waals surface area contributed by atoms with Crippen molar-refractivity contribution in [3.05, 3.63) is 22.4 Å². The van der Waals surface area contributed by atoms with Crippen LogP contribution in [0.15, 0.2) is 10.6 Å². The molecule has 0 atom stereocenters. The zero-order valence-corrected chi connectivity index (χ0v) is 13.2. The Balaban J connectivity index is 1.51. The molecule has 0 unspecified atom stereocenters. The van der Waals surface area contributed by atoms with Crippen LogP contribution in [0.5, 0.6) is 0 Å². The summed E-state index contributed by atoms with van der Waals surface area (Å²) in [6.45, 7) is 1.03. The maximum absolute atomic E-state index is 12.5. The van der Waals surface area contributed by atoms with E-state index in [0.29, 0.717) is 24.4 Å². The fourth-order valence-electron chi connectivity index (χ4n) is 2.55. The highest BCUT2D eigenvalue weighted by atomic mass is 32.1. The number of alkyl halides is 3. The molecule has 128 valence electrons. The maximum Gasteiger partial charge on any atom is 0.471 e. The zero-order chi connectivity index (χ0) is 16.9. The number of carbonyl (C=O) groups is 1. The Kier molecular flexibility index (Phi) is 3.52. The largest absolute Gasteiger partial charge is 0.471 e.